The lowest BCUT2D eigenvalue weighted by molar-refractivity contribution is -0.354. The molecule has 0 amide bonds. The zero-order chi connectivity index (χ0) is 60.1. The van der Waals surface area contributed by atoms with E-state index in [-0.39, 0.29) is 64.5 Å². The van der Waals surface area contributed by atoms with E-state index >= 15 is 0 Å². The van der Waals surface area contributed by atoms with Crippen LogP contribution in [0.25, 0.3) is 0 Å². The van der Waals surface area contributed by atoms with Gasteiger partial charge in [0, 0.05) is 60.7 Å². The highest BCUT2D eigenvalue weighted by atomic mass is 32.3. The van der Waals surface area contributed by atoms with Gasteiger partial charge in [0.15, 0.2) is 6.10 Å². The number of aliphatic carboxylic acids is 1. The van der Waals surface area contributed by atoms with E-state index in [4.69, 9.17) is 27.0 Å². The van der Waals surface area contributed by atoms with Crippen LogP contribution in [-0.2, 0) is 29.5 Å². The Morgan fingerprint density at radius 1 is 0.704 bits per heavy atom. The summed E-state index contributed by atoms with van der Waals surface area (Å²) in [5, 5.41) is 107. The number of piperidine rings is 2. The molecule has 3 saturated heterocycles. The highest BCUT2D eigenvalue weighted by molar-refractivity contribution is 7.79. The molecule has 19 heteroatoms. The Morgan fingerprint density at radius 2 is 1.33 bits per heavy atom. The van der Waals surface area contributed by atoms with Crippen molar-refractivity contribution in [3.05, 3.63) is 23.3 Å². The lowest BCUT2D eigenvalue weighted by Gasteiger charge is -2.71. The summed E-state index contributed by atoms with van der Waals surface area (Å²) in [6, 6.07) is -0.387. The van der Waals surface area contributed by atoms with E-state index in [1.807, 2.05) is 6.92 Å². The molecule has 3 aliphatic heterocycles. The van der Waals surface area contributed by atoms with E-state index in [0.29, 0.717) is 74.8 Å². The summed E-state index contributed by atoms with van der Waals surface area (Å²) < 4.78 is 44.2. The number of carbonyl (C=O) groups is 2. The molecule has 23 atom stereocenters. The van der Waals surface area contributed by atoms with Gasteiger partial charge in [-0.15, -0.1) is 0 Å². The Labute approximate surface area is 480 Å². The molecule has 81 heavy (non-hydrogen) atoms. The topological polar surface area (TPSA) is 313 Å². The molecule has 4 bridgehead atoms. The van der Waals surface area contributed by atoms with E-state index in [9.17, 15) is 55.5 Å². The van der Waals surface area contributed by atoms with E-state index in [0.717, 1.165) is 51.4 Å². The first kappa shape index (κ1) is 62.0. The molecular weight excluding hydrogens is 1060 g/mol. The summed E-state index contributed by atoms with van der Waals surface area (Å²) in [7, 11) is -4.67. The molecule has 0 radical (unpaired) electrons. The van der Waals surface area contributed by atoms with Crippen molar-refractivity contribution in [2.24, 2.45) is 79.3 Å². The van der Waals surface area contributed by atoms with Crippen LogP contribution in [0.3, 0.4) is 0 Å². The minimum absolute atomic E-state index is 0.0218. The first-order valence-corrected chi connectivity index (χ1v) is 32.0. The normalized spacial score (nSPS) is 54.4. The van der Waals surface area contributed by atoms with Gasteiger partial charge in [-0.3, -0.25) is 18.8 Å². The standard InChI is InChI=1S/C32H49NO9.C30H48O4.H2O4S/c1-6-18(3)25(35)41-24-11-12-26(4)19-8-9-20-28(37)13-23(34)31(39)21(29(28,38)16-30(20,26)42-32(19,24)40)15-33-14-17(2)7-10-22(33)27(31,5)36;1-25(2)14-15-30(24(33)34)19(16-25)18-8-9-21-27(5)12-11-22(31)26(3,4)20(27)10-13-28(21,6)29(18,7)17-23(30)32;1-5(2,3)4/h6,17,19-24,34,36-40H,7-16H2,1-5H3;8,19-23,31-32H,9-17H2,1-7H3,(H,33,34);(H2,1,2,3,4). The SMILES string of the molecule is CC1(C)CCC2(C(=O)O)C(O)CC3(C)C(=CCC4C5(C)CCC(O)C(C)(C)C5CCC43C)C2C1.CC=C(C)C(=O)OC1CCC2(C)C3CCC4C5(O)CC(O)C6(O)C(CN7CC(C)CCC7C6(C)O)C5(O)CC42OC13O.O=S(=O)(O)O. The molecule has 18 nitrogen and oxygen atoms in total. The number of ether oxygens (including phenoxy) is 2. The number of carboxylic acids is 1. The third-order valence-electron chi connectivity index (χ3n) is 27.1. The second-order valence-corrected chi connectivity index (χ2v) is 32.2. The monoisotopic (exact) mass is 1160 g/mol. The summed E-state index contributed by atoms with van der Waals surface area (Å²) in [4.78, 5) is 27.7. The van der Waals surface area contributed by atoms with Crippen molar-refractivity contribution in [1.29, 1.82) is 0 Å². The van der Waals surface area contributed by atoms with Gasteiger partial charge in [-0.1, -0.05) is 80.0 Å². The average Bonchev–Trinajstić information content (AvgIpc) is 1.55. The van der Waals surface area contributed by atoms with Crippen molar-refractivity contribution in [3.8, 4) is 0 Å². The Morgan fingerprint density at radius 3 is 1.96 bits per heavy atom. The Hall–Kier alpha value is -2.11. The smallest absolute Gasteiger partial charge is 0.394 e. The lowest BCUT2D eigenvalue weighted by atomic mass is 9.33. The first-order chi connectivity index (χ1) is 37.0. The van der Waals surface area contributed by atoms with Crippen LogP contribution in [0.1, 0.15) is 192 Å². The van der Waals surface area contributed by atoms with Crippen LogP contribution in [0.5, 0.6) is 0 Å². The third-order valence-corrected chi connectivity index (χ3v) is 27.1. The zero-order valence-corrected chi connectivity index (χ0v) is 51.1. The number of fused-ring (bicyclic) bond motifs is 12. The highest BCUT2D eigenvalue weighted by Gasteiger charge is 2.89. The Kier molecular flexibility index (Phi) is 14.5. The molecule has 11 fully saturated rings. The number of carboxylic acid groups (broad SMARTS) is 1. The molecular formula is C62H99NO17S. The molecule has 12 aliphatic rings. The molecule has 0 aromatic heterocycles. The maximum atomic E-state index is 12.9. The lowest BCUT2D eigenvalue weighted by Crippen LogP contribution is -2.85. The molecule has 9 aliphatic carbocycles. The van der Waals surface area contributed by atoms with E-state index in [1.54, 1.807) is 26.8 Å². The number of esters is 1. The second-order valence-electron chi connectivity index (χ2n) is 31.3. The minimum Gasteiger partial charge on any atom is -0.481 e. The van der Waals surface area contributed by atoms with Crippen molar-refractivity contribution in [1.82, 2.24) is 4.90 Å². The Bertz CT molecular complexity index is 2720. The van der Waals surface area contributed by atoms with Gasteiger partial charge < -0.3 is 55.4 Å². The highest BCUT2D eigenvalue weighted by Crippen LogP contribution is 2.79. The molecule has 11 N–H and O–H groups in total. The van der Waals surface area contributed by atoms with Crippen LogP contribution in [0.2, 0.25) is 0 Å². The summed E-state index contributed by atoms with van der Waals surface area (Å²) in [5.41, 5.74) is -8.66. The van der Waals surface area contributed by atoms with Gasteiger partial charge in [0.05, 0.1) is 23.9 Å². The van der Waals surface area contributed by atoms with Gasteiger partial charge >= 0.3 is 22.3 Å². The van der Waals surface area contributed by atoms with Crippen molar-refractivity contribution in [2.45, 2.75) is 256 Å². The quantitative estimate of drug-likeness (QED) is 0.0618. The van der Waals surface area contributed by atoms with E-state index in [2.05, 4.69) is 66.4 Å². The van der Waals surface area contributed by atoms with Gasteiger partial charge in [0.25, 0.3) is 0 Å². The largest absolute Gasteiger partial charge is 0.481 e. The van der Waals surface area contributed by atoms with Crippen molar-refractivity contribution in [2.75, 3.05) is 13.1 Å². The van der Waals surface area contributed by atoms with Crippen LogP contribution < -0.4 is 0 Å². The van der Waals surface area contributed by atoms with Gasteiger partial charge in [-0.25, -0.2) is 4.79 Å². The summed E-state index contributed by atoms with van der Waals surface area (Å²) in [6.07, 6.45) is 11.6. The summed E-state index contributed by atoms with van der Waals surface area (Å²) in [6.45, 7) is 26.5. The number of carbonyl (C=O) groups excluding carboxylic acids is 1. The first-order valence-electron chi connectivity index (χ1n) is 30.6. The number of aliphatic hydroxyl groups is 8. The second kappa shape index (κ2) is 18.9. The molecule has 23 unspecified atom stereocenters. The summed E-state index contributed by atoms with van der Waals surface area (Å²) >= 11 is 0. The predicted octanol–water partition coefficient (Wildman–Crippen LogP) is 6.54. The van der Waals surface area contributed by atoms with Crippen LogP contribution >= 0.6 is 0 Å². The van der Waals surface area contributed by atoms with Crippen LogP contribution in [0.4, 0.5) is 0 Å². The molecule has 460 valence electrons. The molecule has 0 aromatic carbocycles. The van der Waals surface area contributed by atoms with Crippen molar-refractivity contribution < 1.29 is 82.5 Å². The summed E-state index contributed by atoms with van der Waals surface area (Å²) in [5.74, 6) is -3.96. The predicted molar refractivity (Wildman–Crippen MR) is 298 cm³/mol. The maximum absolute atomic E-state index is 12.9. The molecule has 8 saturated carbocycles. The van der Waals surface area contributed by atoms with Crippen LogP contribution in [0, 0.1) is 79.3 Å². The van der Waals surface area contributed by atoms with Crippen LogP contribution in [-0.4, -0.2) is 158 Å². The van der Waals surface area contributed by atoms with Gasteiger partial charge in [0.2, 0.25) is 5.79 Å². The van der Waals surface area contributed by atoms with Gasteiger partial charge in [0.1, 0.15) is 27.8 Å². The fourth-order valence-electron chi connectivity index (χ4n) is 22.5. The van der Waals surface area contributed by atoms with Gasteiger partial charge in [-0.2, -0.15) is 8.42 Å². The number of rotatable bonds is 3. The minimum atomic E-state index is -4.67. The fraction of sp³-hybridized carbons (Fsp3) is 0.903. The number of nitrogens with zero attached hydrogens (tertiary/aromatic N) is 1. The Balaban J connectivity index is 0.000000171. The zero-order valence-electron chi connectivity index (χ0n) is 50.2. The number of hydrogen-bond donors (Lipinski definition) is 11. The van der Waals surface area contributed by atoms with E-state index < -0.39 is 103 Å². The van der Waals surface area contributed by atoms with E-state index in [1.165, 1.54) is 5.57 Å². The van der Waals surface area contributed by atoms with Crippen molar-refractivity contribution >= 4 is 22.3 Å². The van der Waals surface area contributed by atoms with Crippen molar-refractivity contribution in [3.63, 3.8) is 0 Å². The number of hydrogen-bond acceptors (Lipinski definition) is 15. The molecule has 12 rings (SSSR count). The fourth-order valence-corrected chi connectivity index (χ4v) is 22.5. The van der Waals surface area contributed by atoms with Crippen LogP contribution in [0.15, 0.2) is 23.3 Å². The number of aliphatic hydroxyl groups excluding tert-OH is 3. The average molecular weight is 1160 g/mol. The van der Waals surface area contributed by atoms with Gasteiger partial charge in [-0.05, 0) is 168 Å². The molecule has 0 aromatic rings. The molecule has 3 heterocycles. The third kappa shape index (κ3) is 8.13. The maximum Gasteiger partial charge on any atom is 0.394 e. The number of allylic oxidation sites excluding steroid dienone is 3. The molecule has 1 spiro atoms.